The summed E-state index contributed by atoms with van der Waals surface area (Å²) in [6.45, 7) is 4.08. The fraction of sp³-hybridized carbons (Fsp3) is 0.125. The molecular formula is C16H12ClFN2OS2. The van der Waals surface area contributed by atoms with E-state index in [9.17, 15) is 9.18 Å². The van der Waals surface area contributed by atoms with Crippen molar-refractivity contribution >= 4 is 44.9 Å². The van der Waals surface area contributed by atoms with E-state index in [0.717, 1.165) is 5.56 Å². The molecule has 0 saturated carbocycles. The zero-order valence-corrected chi connectivity index (χ0v) is 14.3. The third-order valence-electron chi connectivity index (χ3n) is 3.23. The molecule has 7 heteroatoms. The predicted octanol–water partition coefficient (Wildman–Crippen LogP) is 4.73. The highest BCUT2D eigenvalue weighted by Crippen LogP contribution is 2.27. The van der Waals surface area contributed by atoms with Crippen LogP contribution in [-0.4, -0.2) is 9.55 Å². The molecule has 0 atom stereocenters. The molecule has 0 spiro atoms. The molecule has 0 bridgehead atoms. The number of hydrogen-bond acceptors (Lipinski definition) is 4. The lowest BCUT2D eigenvalue weighted by Crippen LogP contribution is -2.22. The van der Waals surface area contributed by atoms with Crippen molar-refractivity contribution in [1.29, 1.82) is 0 Å². The molecule has 2 aromatic heterocycles. The Kier molecular flexibility index (Phi) is 4.84. The number of thiophene rings is 1. The molecule has 0 amide bonds. The number of rotatable bonds is 5. The van der Waals surface area contributed by atoms with Crippen LogP contribution in [0.15, 0.2) is 52.3 Å². The third kappa shape index (κ3) is 3.34. The summed E-state index contributed by atoms with van der Waals surface area (Å²) in [5.74, 6) is 0.130. The second-order valence-corrected chi connectivity index (χ2v) is 7.01. The molecule has 0 aliphatic heterocycles. The van der Waals surface area contributed by atoms with Crippen LogP contribution in [0.2, 0.25) is 5.02 Å². The summed E-state index contributed by atoms with van der Waals surface area (Å²) in [5.41, 5.74) is 0.715. The summed E-state index contributed by atoms with van der Waals surface area (Å²) in [6.07, 6.45) is 1.66. The van der Waals surface area contributed by atoms with Crippen molar-refractivity contribution in [3.8, 4) is 0 Å². The SMILES string of the molecule is C=CCn1c(SCc2ccc(F)cc2Cl)nc2sccc2c1=O. The normalized spacial score (nSPS) is 11.0. The molecular weight excluding hydrogens is 355 g/mol. The molecule has 3 aromatic rings. The van der Waals surface area contributed by atoms with Crippen LogP contribution < -0.4 is 5.56 Å². The summed E-state index contributed by atoms with van der Waals surface area (Å²) in [4.78, 5) is 17.8. The van der Waals surface area contributed by atoms with E-state index in [2.05, 4.69) is 11.6 Å². The van der Waals surface area contributed by atoms with Crippen molar-refractivity contribution in [3.05, 3.63) is 69.1 Å². The van der Waals surface area contributed by atoms with E-state index in [1.54, 1.807) is 22.8 Å². The number of hydrogen-bond donors (Lipinski definition) is 0. The first kappa shape index (κ1) is 16.2. The Morgan fingerprint density at radius 1 is 1.43 bits per heavy atom. The number of allylic oxidation sites excluding steroid dienone is 1. The van der Waals surface area contributed by atoms with Gasteiger partial charge in [0.05, 0.1) is 5.39 Å². The van der Waals surface area contributed by atoms with Crippen LogP contribution >= 0.6 is 34.7 Å². The Bertz CT molecular complexity index is 935. The molecule has 3 rings (SSSR count). The van der Waals surface area contributed by atoms with Gasteiger partial charge < -0.3 is 0 Å². The Balaban J connectivity index is 1.96. The second kappa shape index (κ2) is 6.86. The van der Waals surface area contributed by atoms with Gasteiger partial charge in [0.25, 0.3) is 5.56 Å². The molecule has 0 fully saturated rings. The van der Waals surface area contributed by atoms with Gasteiger partial charge in [-0.3, -0.25) is 9.36 Å². The van der Waals surface area contributed by atoms with Crippen molar-refractivity contribution in [2.24, 2.45) is 0 Å². The molecule has 0 aliphatic rings. The highest BCUT2D eigenvalue weighted by molar-refractivity contribution is 7.98. The van der Waals surface area contributed by atoms with Crippen LogP contribution in [-0.2, 0) is 12.3 Å². The zero-order valence-electron chi connectivity index (χ0n) is 12.0. The van der Waals surface area contributed by atoms with Gasteiger partial charge in [-0.2, -0.15) is 0 Å². The summed E-state index contributed by atoms with van der Waals surface area (Å²) in [6, 6.07) is 6.07. The van der Waals surface area contributed by atoms with Gasteiger partial charge in [-0.05, 0) is 29.1 Å². The second-order valence-electron chi connectivity index (χ2n) is 4.76. The molecule has 2 heterocycles. The molecule has 3 nitrogen and oxygen atoms in total. The van der Waals surface area contributed by atoms with Crippen LogP contribution in [0.4, 0.5) is 4.39 Å². The number of fused-ring (bicyclic) bond motifs is 1. The number of halogens is 2. The lowest BCUT2D eigenvalue weighted by molar-refractivity contribution is 0.627. The van der Waals surface area contributed by atoms with Gasteiger partial charge >= 0.3 is 0 Å². The zero-order chi connectivity index (χ0) is 16.4. The average Bonchev–Trinajstić information content (AvgIpc) is 2.98. The van der Waals surface area contributed by atoms with E-state index in [4.69, 9.17) is 11.6 Å². The molecule has 0 N–H and O–H groups in total. The number of benzene rings is 1. The molecule has 0 unspecified atom stereocenters. The first-order valence-electron chi connectivity index (χ1n) is 6.76. The van der Waals surface area contributed by atoms with Crippen molar-refractivity contribution in [2.75, 3.05) is 0 Å². The van der Waals surface area contributed by atoms with E-state index in [-0.39, 0.29) is 11.4 Å². The minimum atomic E-state index is -0.370. The maximum atomic E-state index is 13.1. The van der Waals surface area contributed by atoms with E-state index >= 15 is 0 Å². The van der Waals surface area contributed by atoms with Crippen molar-refractivity contribution in [2.45, 2.75) is 17.5 Å². The van der Waals surface area contributed by atoms with Gasteiger partial charge in [0.15, 0.2) is 5.16 Å². The summed E-state index contributed by atoms with van der Waals surface area (Å²) in [7, 11) is 0. The maximum Gasteiger partial charge on any atom is 0.263 e. The summed E-state index contributed by atoms with van der Waals surface area (Å²) in [5, 5.41) is 3.43. The van der Waals surface area contributed by atoms with Crippen molar-refractivity contribution in [1.82, 2.24) is 9.55 Å². The minimum absolute atomic E-state index is 0.0798. The molecule has 118 valence electrons. The Hall–Kier alpha value is -1.63. The summed E-state index contributed by atoms with van der Waals surface area (Å²) >= 11 is 8.88. The number of aromatic nitrogens is 2. The quantitative estimate of drug-likeness (QED) is 0.372. The third-order valence-corrected chi connectivity index (χ3v) is 5.42. The molecule has 0 radical (unpaired) electrons. The first-order valence-corrected chi connectivity index (χ1v) is 9.00. The highest BCUT2D eigenvalue weighted by atomic mass is 35.5. The van der Waals surface area contributed by atoms with E-state index in [0.29, 0.717) is 32.7 Å². The molecule has 0 aliphatic carbocycles. The highest BCUT2D eigenvalue weighted by Gasteiger charge is 2.12. The van der Waals surface area contributed by atoms with Crippen LogP contribution in [0.3, 0.4) is 0 Å². The van der Waals surface area contributed by atoms with Gasteiger partial charge in [0, 0.05) is 17.3 Å². The Morgan fingerprint density at radius 3 is 3.00 bits per heavy atom. The Labute approximate surface area is 145 Å². The number of nitrogens with zero attached hydrogens (tertiary/aromatic N) is 2. The average molecular weight is 367 g/mol. The van der Waals surface area contributed by atoms with E-state index in [1.807, 2.05) is 5.38 Å². The van der Waals surface area contributed by atoms with Crippen molar-refractivity contribution < 1.29 is 4.39 Å². The monoisotopic (exact) mass is 366 g/mol. The molecule has 1 aromatic carbocycles. The Morgan fingerprint density at radius 2 is 2.26 bits per heavy atom. The van der Waals surface area contributed by atoms with Crippen LogP contribution in [0.1, 0.15) is 5.56 Å². The lowest BCUT2D eigenvalue weighted by atomic mass is 10.2. The van der Waals surface area contributed by atoms with Crippen LogP contribution in [0.5, 0.6) is 0 Å². The smallest absolute Gasteiger partial charge is 0.263 e. The van der Waals surface area contributed by atoms with Crippen LogP contribution in [0.25, 0.3) is 10.2 Å². The predicted molar refractivity (Wildman–Crippen MR) is 95.0 cm³/mol. The van der Waals surface area contributed by atoms with Crippen molar-refractivity contribution in [3.63, 3.8) is 0 Å². The fourth-order valence-electron chi connectivity index (χ4n) is 2.11. The number of thioether (sulfide) groups is 1. The van der Waals surface area contributed by atoms with Gasteiger partial charge in [-0.1, -0.05) is 35.5 Å². The van der Waals surface area contributed by atoms with Gasteiger partial charge in [0.2, 0.25) is 0 Å². The van der Waals surface area contributed by atoms with Gasteiger partial charge in [-0.25, -0.2) is 9.37 Å². The fourth-order valence-corrected chi connectivity index (χ4v) is 4.24. The van der Waals surface area contributed by atoms with Crippen LogP contribution in [0, 0.1) is 5.82 Å². The minimum Gasteiger partial charge on any atom is -0.283 e. The largest absolute Gasteiger partial charge is 0.283 e. The topological polar surface area (TPSA) is 34.9 Å². The molecule has 0 saturated heterocycles. The van der Waals surface area contributed by atoms with Gasteiger partial charge in [0.1, 0.15) is 10.6 Å². The molecule has 23 heavy (non-hydrogen) atoms. The van der Waals surface area contributed by atoms with E-state index < -0.39 is 0 Å². The standard InChI is InChI=1S/C16H12ClFN2OS2/c1-2-6-20-15(21)12-5-7-22-14(12)19-16(20)23-9-10-3-4-11(18)8-13(10)17/h2-5,7-8H,1,6,9H2. The maximum absolute atomic E-state index is 13.1. The van der Waals surface area contributed by atoms with Gasteiger partial charge in [-0.15, -0.1) is 17.9 Å². The van der Waals surface area contributed by atoms with E-state index in [1.165, 1.54) is 35.2 Å². The first-order chi connectivity index (χ1) is 11.1. The summed E-state index contributed by atoms with van der Waals surface area (Å²) < 4.78 is 14.7. The lowest BCUT2D eigenvalue weighted by Gasteiger charge is -2.10.